The fraction of sp³-hybridized carbons (Fsp3) is 0. The lowest BCUT2D eigenvalue weighted by molar-refractivity contribution is 0.102. The molecule has 3 heterocycles. The third kappa shape index (κ3) is 2.03. The van der Waals surface area contributed by atoms with Crippen molar-refractivity contribution in [3.8, 4) is 0 Å². The van der Waals surface area contributed by atoms with Crippen LogP contribution in [0.25, 0.3) is 10.3 Å². The van der Waals surface area contributed by atoms with Gasteiger partial charge in [0.05, 0.1) is 0 Å². The third-order valence-electron chi connectivity index (χ3n) is 2.19. The van der Waals surface area contributed by atoms with Gasteiger partial charge in [0.2, 0.25) is 0 Å². The van der Waals surface area contributed by atoms with Gasteiger partial charge in [-0.05, 0) is 24.3 Å². The molecule has 0 aromatic carbocycles. The van der Waals surface area contributed by atoms with E-state index in [-0.39, 0.29) is 11.6 Å². The zero-order valence-corrected chi connectivity index (χ0v) is 9.89. The van der Waals surface area contributed by atoms with Crippen LogP contribution in [0.15, 0.2) is 36.7 Å². The van der Waals surface area contributed by atoms with Crippen LogP contribution in [0.2, 0.25) is 0 Å². The molecular weight excluding hydrogens is 250 g/mol. The number of hydrogen-bond acceptors (Lipinski definition) is 6. The number of anilines is 1. The van der Waals surface area contributed by atoms with Gasteiger partial charge in [-0.25, -0.2) is 9.97 Å². The Morgan fingerprint density at radius 3 is 2.89 bits per heavy atom. The average Bonchev–Trinajstić information content (AvgIpc) is 2.82. The van der Waals surface area contributed by atoms with Crippen molar-refractivity contribution >= 4 is 32.7 Å². The quantitative estimate of drug-likeness (QED) is 0.756. The van der Waals surface area contributed by atoms with Crippen LogP contribution in [0.5, 0.6) is 0 Å². The highest BCUT2D eigenvalue weighted by molar-refractivity contribution is 7.21. The predicted molar refractivity (Wildman–Crippen MR) is 67.4 cm³/mol. The molecule has 3 rings (SSSR count). The first-order chi connectivity index (χ1) is 8.83. The minimum Gasteiger partial charge on any atom is -0.296 e. The van der Waals surface area contributed by atoms with Crippen molar-refractivity contribution in [1.29, 1.82) is 0 Å². The molecule has 0 saturated carbocycles. The zero-order valence-electron chi connectivity index (χ0n) is 9.07. The Kier molecular flexibility index (Phi) is 2.66. The van der Waals surface area contributed by atoms with E-state index in [9.17, 15) is 4.79 Å². The van der Waals surface area contributed by atoms with Crippen LogP contribution >= 0.6 is 11.3 Å². The Hall–Kier alpha value is -2.41. The van der Waals surface area contributed by atoms with Gasteiger partial charge < -0.3 is 0 Å². The smallest absolute Gasteiger partial charge is 0.277 e. The highest BCUT2D eigenvalue weighted by Crippen LogP contribution is 2.23. The van der Waals surface area contributed by atoms with E-state index in [2.05, 4.69) is 25.5 Å². The summed E-state index contributed by atoms with van der Waals surface area (Å²) in [7, 11) is 0. The van der Waals surface area contributed by atoms with E-state index in [0.717, 1.165) is 10.3 Å². The van der Waals surface area contributed by atoms with Crippen molar-refractivity contribution < 1.29 is 4.79 Å². The van der Waals surface area contributed by atoms with Crippen molar-refractivity contribution in [2.24, 2.45) is 0 Å². The van der Waals surface area contributed by atoms with E-state index in [1.807, 2.05) is 6.07 Å². The second-order valence-electron chi connectivity index (χ2n) is 3.41. The maximum atomic E-state index is 11.8. The summed E-state index contributed by atoms with van der Waals surface area (Å²) < 4.78 is 0. The molecule has 3 aromatic heterocycles. The Morgan fingerprint density at radius 2 is 2.11 bits per heavy atom. The number of thiazole rings is 1. The highest BCUT2D eigenvalue weighted by Gasteiger charge is 2.11. The Labute approximate surface area is 106 Å². The number of carbonyl (C=O) groups excluding carboxylic acids is 1. The molecule has 0 unspecified atom stereocenters. The van der Waals surface area contributed by atoms with Crippen LogP contribution in [0.1, 0.15) is 10.5 Å². The molecule has 88 valence electrons. The van der Waals surface area contributed by atoms with Crippen molar-refractivity contribution in [2.75, 3.05) is 5.32 Å². The Morgan fingerprint density at radius 1 is 1.22 bits per heavy atom. The van der Waals surface area contributed by atoms with Crippen LogP contribution in [0.3, 0.4) is 0 Å². The Bertz CT molecular complexity index is 664. The molecule has 0 atom stereocenters. The lowest BCUT2D eigenvalue weighted by atomic mass is 10.4. The summed E-state index contributed by atoms with van der Waals surface area (Å²) in [6, 6.07) is 6.89. The first kappa shape index (κ1) is 10.7. The minimum absolute atomic E-state index is 0.254. The third-order valence-corrected chi connectivity index (χ3v) is 3.09. The SMILES string of the molecule is O=C(Nc1nc2cccnc2s1)c1cccnn1. The van der Waals surface area contributed by atoms with Crippen molar-refractivity contribution in [3.05, 3.63) is 42.4 Å². The van der Waals surface area contributed by atoms with Crippen molar-refractivity contribution in [3.63, 3.8) is 0 Å². The van der Waals surface area contributed by atoms with Crippen molar-refractivity contribution in [2.45, 2.75) is 0 Å². The molecule has 0 aliphatic heterocycles. The molecule has 0 radical (unpaired) electrons. The summed E-state index contributed by atoms with van der Waals surface area (Å²) in [4.78, 5) is 21.0. The monoisotopic (exact) mass is 257 g/mol. The van der Waals surface area contributed by atoms with E-state index in [1.165, 1.54) is 17.5 Å². The molecule has 6 nitrogen and oxygen atoms in total. The van der Waals surface area contributed by atoms with Gasteiger partial charge in [0.1, 0.15) is 10.3 Å². The number of pyridine rings is 1. The van der Waals surface area contributed by atoms with E-state index >= 15 is 0 Å². The molecule has 0 fully saturated rings. The van der Waals surface area contributed by atoms with Gasteiger partial charge in [0, 0.05) is 12.4 Å². The number of fused-ring (bicyclic) bond motifs is 1. The van der Waals surface area contributed by atoms with Crippen LogP contribution in [0.4, 0.5) is 5.13 Å². The summed E-state index contributed by atoms with van der Waals surface area (Å²) in [6.07, 6.45) is 3.20. The normalized spacial score (nSPS) is 10.4. The molecule has 3 aromatic rings. The summed E-state index contributed by atoms with van der Waals surface area (Å²) in [5, 5.41) is 10.6. The van der Waals surface area contributed by atoms with Gasteiger partial charge >= 0.3 is 0 Å². The fourth-order valence-corrected chi connectivity index (χ4v) is 2.21. The lowest BCUT2D eigenvalue weighted by Gasteiger charge is -1.98. The highest BCUT2D eigenvalue weighted by atomic mass is 32.1. The maximum absolute atomic E-state index is 11.8. The molecule has 18 heavy (non-hydrogen) atoms. The van der Waals surface area contributed by atoms with Crippen LogP contribution < -0.4 is 5.32 Å². The number of amides is 1. The average molecular weight is 257 g/mol. The fourth-order valence-electron chi connectivity index (χ4n) is 1.41. The van der Waals surface area contributed by atoms with Gasteiger partial charge in [-0.3, -0.25) is 10.1 Å². The number of carbonyl (C=O) groups is 1. The largest absolute Gasteiger partial charge is 0.296 e. The van der Waals surface area contributed by atoms with Crippen LogP contribution in [-0.2, 0) is 0 Å². The van der Waals surface area contributed by atoms with Crippen molar-refractivity contribution in [1.82, 2.24) is 20.2 Å². The maximum Gasteiger partial charge on any atom is 0.277 e. The van der Waals surface area contributed by atoms with Crippen LogP contribution in [-0.4, -0.2) is 26.1 Å². The second-order valence-corrected chi connectivity index (χ2v) is 4.39. The van der Waals surface area contributed by atoms with E-state index < -0.39 is 0 Å². The lowest BCUT2D eigenvalue weighted by Crippen LogP contribution is -2.13. The summed E-state index contributed by atoms with van der Waals surface area (Å²) in [5.41, 5.74) is 1.02. The molecule has 0 aliphatic rings. The number of hydrogen-bond donors (Lipinski definition) is 1. The molecule has 0 bridgehead atoms. The Balaban J connectivity index is 1.86. The first-order valence-electron chi connectivity index (χ1n) is 5.13. The molecular formula is C11H7N5OS. The summed E-state index contributed by atoms with van der Waals surface area (Å²) in [5.74, 6) is -0.331. The van der Waals surface area contributed by atoms with Crippen LogP contribution in [0, 0.1) is 0 Å². The molecule has 1 amide bonds. The number of aromatic nitrogens is 4. The van der Waals surface area contributed by atoms with E-state index in [0.29, 0.717) is 5.13 Å². The van der Waals surface area contributed by atoms with E-state index in [4.69, 9.17) is 0 Å². The molecule has 7 heteroatoms. The summed E-state index contributed by atoms with van der Waals surface area (Å²) >= 11 is 1.32. The zero-order chi connectivity index (χ0) is 12.4. The molecule has 1 N–H and O–H groups in total. The van der Waals surface area contributed by atoms with Gasteiger partial charge in [-0.15, -0.1) is 5.10 Å². The predicted octanol–water partition coefficient (Wildman–Crippen LogP) is 1.73. The van der Waals surface area contributed by atoms with E-state index in [1.54, 1.807) is 24.4 Å². The van der Waals surface area contributed by atoms with Gasteiger partial charge in [0.25, 0.3) is 5.91 Å². The standard InChI is InChI=1S/C11H7N5OS/c17-9(7-3-2-6-13-16-7)15-11-14-8-4-1-5-12-10(8)18-11/h1-6H,(H,14,15,17). The molecule has 0 spiro atoms. The van der Waals surface area contributed by atoms with Gasteiger partial charge in [0.15, 0.2) is 10.8 Å². The first-order valence-corrected chi connectivity index (χ1v) is 5.95. The molecule has 0 saturated heterocycles. The minimum atomic E-state index is -0.331. The summed E-state index contributed by atoms with van der Waals surface area (Å²) in [6.45, 7) is 0. The van der Waals surface area contributed by atoms with Gasteiger partial charge in [-0.2, -0.15) is 5.10 Å². The number of rotatable bonds is 2. The number of nitrogens with zero attached hydrogens (tertiary/aromatic N) is 4. The topological polar surface area (TPSA) is 80.7 Å². The second kappa shape index (κ2) is 4.46. The molecule has 0 aliphatic carbocycles. The number of nitrogens with one attached hydrogen (secondary N) is 1. The van der Waals surface area contributed by atoms with Gasteiger partial charge in [-0.1, -0.05) is 11.3 Å².